The molecule has 10 heteroatoms. The maximum atomic E-state index is 12.8. The maximum absolute atomic E-state index is 12.8. The summed E-state index contributed by atoms with van der Waals surface area (Å²) < 4.78 is 22.2. The molecule has 1 aliphatic heterocycles. The molecule has 0 radical (unpaired) electrons. The molecule has 6 atom stereocenters. The lowest BCUT2D eigenvalue weighted by Gasteiger charge is -2.39. The molecule has 6 unspecified atom stereocenters. The van der Waals surface area contributed by atoms with Crippen molar-refractivity contribution < 1.29 is 49.0 Å². The second-order valence-corrected chi connectivity index (χ2v) is 16.2. The Hall–Kier alpha value is -2.86. The van der Waals surface area contributed by atoms with Crippen LogP contribution in [0.4, 0.5) is 0 Å². The minimum absolute atomic E-state index is 0.198. The van der Waals surface area contributed by atoms with Crippen molar-refractivity contribution in [1.29, 1.82) is 0 Å². The first kappa shape index (κ1) is 56.2. The van der Waals surface area contributed by atoms with Crippen LogP contribution in [0.5, 0.6) is 0 Å². The second kappa shape index (κ2) is 41.2. The van der Waals surface area contributed by atoms with E-state index in [0.29, 0.717) is 12.8 Å². The number of aliphatic hydroxyl groups is 4. The number of unbranched alkanes of at least 4 members (excludes halogenated alkanes) is 16. The molecular weight excluding hydrogens is 773 g/mol. The molecule has 0 bridgehead atoms. The average Bonchev–Trinajstić information content (AvgIpc) is 3.26. The Morgan fingerprint density at radius 2 is 0.967 bits per heavy atom. The molecule has 1 rings (SSSR count). The van der Waals surface area contributed by atoms with E-state index >= 15 is 0 Å². The van der Waals surface area contributed by atoms with E-state index in [1.165, 1.54) is 57.8 Å². The predicted molar refractivity (Wildman–Crippen MR) is 247 cm³/mol. The summed E-state index contributed by atoms with van der Waals surface area (Å²) >= 11 is 0. The summed E-state index contributed by atoms with van der Waals surface area (Å²) in [5, 5.41) is 40.1. The lowest BCUT2D eigenvalue weighted by Crippen LogP contribution is -2.59. The van der Waals surface area contributed by atoms with E-state index in [1.807, 2.05) is 0 Å². The molecule has 0 aliphatic carbocycles. The molecular formula is C51H86O10. The number of hydrogen-bond acceptors (Lipinski definition) is 10. The molecule has 0 saturated carbocycles. The number of hydrogen-bond donors (Lipinski definition) is 4. The molecule has 1 heterocycles. The van der Waals surface area contributed by atoms with Gasteiger partial charge in [0.25, 0.3) is 0 Å². The highest BCUT2D eigenvalue weighted by molar-refractivity contribution is 5.70. The third-order valence-corrected chi connectivity index (χ3v) is 10.6. The Bertz CT molecular complexity index is 1220. The molecule has 1 fully saturated rings. The molecule has 350 valence electrons. The molecule has 0 aromatic heterocycles. The molecule has 1 saturated heterocycles. The fourth-order valence-corrected chi connectivity index (χ4v) is 6.80. The second-order valence-electron chi connectivity index (χ2n) is 16.2. The Kier molecular flexibility index (Phi) is 37.9. The molecule has 0 aromatic rings. The summed E-state index contributed by atoms with van der Waals surface area (Å²) in [6.07, 6.45) is 44.7. The van der Waals surface area contributed by atoms with E-state index in [4.69, 9.17) is 18.9 Å². The molecule has 4 N–H and O–H groups in total. The molecule has 61 heavy (non-hydrogen) atoms. The van der Waals surface area contributed by atoms with Gasteiger partial charge in [-0.05, 0) is 83.5 Å². The van der Waals surface area contributed by atoms with Crippen LogP contribution in [0.25, 0.3) is 0 Å². The highest BCUT2D eigenvalue weighted by Crippen LogP contribution is 2.22. The Labute approximate surface area is 370 Å². The minimum atomic E-state index is -1.60. The number of esters is 2. The lowest BCUT2D eigenvalue weighted by molar-refractivity contribution is -0.305. The van der Waals surface area contributed by atoms with Gasteiger partial charge < -0.3 is 39.4 Å². The van der Waals surface area contributed by atoms with E-state index < -0.39 is 49.4 Å². The van der Waals surface area contributed by atoms with Gasteiger partial charge in [0.2, 0.25) is 0 Å². The fourth-order valence-electron chi connectivity index (χ4n) is 6.80. The number of rotatable bonds is 39. The van der Waals surface area contributed by atoms with Crippen molar-refractivity contribution in [1.82, 2.24) is 0 Å². The third-order valence-electron chi connectivity index (χ3n) is 10.6. The SMILES string of the molecule is CC/C=C\C/C=C\C/C=C\C/C=C\CCCCCCC(=O)OC(COC(=O)CCCCCCCCCCC/C=C\C/C=C\CCCCC)COC1OC(CO)C(O)C(O)C1O. The van der Waals surface area contributed by atoms with Crippen molar-refractivity contribution in [2.45, 2.75) is 218 Å². The van der Waals surface area contributed by atoms with E-state index in [9.17, 15) is 30.0 Å². The van der Waals surface area contributed by atoms with Crippen LogP contribution in [-0.4, -0.2) is 89.0 Å². The number of aliphatic hydroxyl groups excluding tert-OH is 4. The first-order chi connectivity index (χ1) is 29.8. The zero-order chi connectivity index (χ0) is 44.4. The molecule has 1 aliphatic rings. The zero-order valence-corrected chi connectivity index (χ0v) is 38.1. The molecule has 0 spiro atoms. The smallest absolute Gasteiger partial charge is 0.306 e. The van der Waals surface area contributed by atoms with Gasteiger partial charge in [0.15, 0.2) is 12.4 Å². The van der Waals surface area contributed by atoms with Gasteiger partial charge in [-0.3, -0.25) is 9.59 Å². The van der Waals surface area contributed by atoms with Crippen molar-refractivity contribution in [3.8, 4) is 0 Å². The van der Waals surface area contributed by atoms with Crippen molar-refractivity contribution in [2.75, 3.05) is 19.8 Å². The summed E-state index contributed by atoms with van der Waals surface area (Å²) in [6.45, 7) is 3.25. The first-order valence-electron chi connectivity index (χ1n) is 24.0. The summed E-state index contributed by atoms with van der Waals surface area (Å²) in [4.78, 5) is 25.4. The fraction of sp³-hybridized carbons (Fsp3) is 0.725. The van der Waals surface area contributed by atoms with Gasteiger partial charge in [0.1, 0.15) is 31.0 Å². The Morgan fingerprint density at radius 3 is 1.46 bits per heavy atom. The van der Waals surface area contributed by atoms with Crippen molar-refractivity contribution in [3.05, 3.63) is 72.9 Å². The highest BCUT2D eigenvalue weighted by atomic mass is 16.7. The van der Waals surface area contributed by atoms with Gasteiger partial charge in [0.05, 0.1) is 13.2 Å². The van der Waals surface area contributed by atoms with Gasteiger partial charge in [-0.2, -0.15) is 0 Å². The van der Waals surface area contributed by atoms with Crippen molar-refractivity contribution >= 4 is 11.9 Å². The molecule has 10 nitrogen and oxygen atoms in total. The van der Waals surface area contributed by atoms with E-state index in [2.05, 4.69) is 86.8 Å². The van der Waals surface area contributed by atoms with Crippen LogP contribution < -0.4 is 0 Å². The quantitative estimate of drug-likeness (QED) is 0.0267. The van der Waals surface area contributed by atoms with Crippen LogP contribution in [0.1, 0.15) is 181 Å². The Balaban J connectivity index is 2.32. The van der Waals surface area contributed by atoms with Crippen LogP contribution in [0, 0.1) is 0 Å². The van der Waals surface area contributed by atoms with Gasteiger partial charge in [-0.15, -0.1) is 0 Å². The average molecular weight is 859 g/mol. The van der Waals surface area contributed by atoms with Gasteiger partial charge in [-0.1, -0.05) is 157 Å². The summed E-state index contributed by atoms with van der Waals surface area (Å²) in [5.74, 6) is -0.843. The number of carbonyl (C=O) groups excluding carboxylic acids is 2. The van der Waals surface area contributed by atoms with Gasteiger partial charge in [-0.25, -0.2) is 0 Å². The number of allylic oxidation sites excluding steroid dienone is 12. The summed E-state index contributed by atoms with van der Waals surface area (Å²) in [5.41, 5.74) is 0. The van der Waals surface area contributed by atoms with E-state index in [0.717, 1.165) is 83.5 Å². The van der Waals surface area contributed by atoms with Gasteiger partial charge >= 0.3 is 11.9 Å². The van der Waals surface area contributed by atoms with Crippen LogP contribution in [-0.2, 0) is 28.5 Å². The topological polar surface area (TPSA) is 152 Å². The normalized spacial score (nSPS) is 20.4. The number of carbonyl (C=O) groups is 2. The predicted octanol–water partition coefficient (Wildman–Crippen LogP) is 10.8. The third kappa shape index (κ3) is 32.5. The minimum Gasteiger partial charge on any atom is -0.462 e. The van der Waals surface area contributed by atoms with Crippen LogP contribution >= 0.6 is 0 Å². The van der Waals surface area contributed by atoms with Crippen molar-refractivity contribution in [3.63, 3.8) is 0 Å². The molecule has 0 amide bonds. The van der Waals surface area contributed by atoms with Crippen molar-refractivity contribution in [2.24, 2.45) is 0 Å². The molecule has 0 aromatic carbocycles. The van der Waals surface area contributed by atoms with Gasteiger partial charge in [0, 0.05) is 12.8 Å². The van der Waals surface area contributed by atoms with Crippen LogP contribution in [0.2, 0.25) is 0 Å². The highest BCUT2D eigenvalue weighted by Gasteiger charge is 2.44. The Morgan fingerprint density at radius 1 is 0.525 bits per heavy atom. The first-order valence-corrected chi connectivity index (χ1v) is 24.0. The maximum Gasteiger partial charge on any atom is 0.306 e. The van der Waals surface area contributed by atoms with Crippen LogP contribution in [0.15, 0.2) is 72.9 Å². The summed E-state index contributed by atoms with van der Waals surface area (Å²) in [7, 11) is 0. The van der Waals surface area contributed by atoms with E-state index in [1.54, 1.807) is 0 Å². The number of ether oxygens (including phenoxy) is 4. The monoisotopic (exact) mass is 859 g/mol. The largest absolute Gasteiger partial charge is 0.462 e. The standard InChI is InChI=1S/C51H86O10/c1-3-5-7-9-11-13-15-17-19-21-22-24-25-27-29-31-33-35-37-39-46(53)58-42-44(43-59-51-50(57)49(56)48(55)45(41-52)61-51)60-47(54)40-38-36-34-32-30-28-26-23-20-18-16-14-12-10-8-6-4-2/h6,8,11-14,17-20,26,28,44-45,48-52,55-57H,3-5,7,9-10,15-16,21-25,27,29-43H2,1-2H3/b8-6-,13-11-,14-12-,19-17-,20-18-,28-26-. The lowest BCUT2D eigenvalue weighted by atomic mass is 9.99. The van der Waals surface area contributed by atoms with E-state index in [-0.39, 0.29) is 32.0 Å². The summed E-state index contributed by atoms with van der Waals surface area (Å²) in [6, 6.07) is 0. The zero-order valence-electron chi connectivity index (χ0n) is 38.1. The van der Waals surface area contributed by atoms with Crippen LogP contribution in [0.3, 0.4) is 0 Å².